The quantitative estimate of drug-likeness (QED) is 0.886. The van der Waals surface area contributed by atoms with Gasteiger partial charge in [-0.15, -0.1) is 0 Å². The van der Waals surface area contributed by atoms with E-state index in [-0.39, 0.29) is 0 Å². The summed E-state index contributed by atoms with van der Waals surface area (Å²) in [6.45, 7) is 2.25. The standard InChI is InChI=1S/C19H25NO/c1-2-15(12-14-6-4-3-5-7-14)18-13-19(18)20-16-8-10-17(21)11-9-16/h3-7,12,16,18-20H,2,8-11,13H2,1H3/b15-12+/t18-,19?/m0/s1. The average Bonchev–Trinajstić information content (AvgIpc) is 3.27. The van der Waals surface area contributed by atoms with E-state index in [9.17, 15) is 4.79 Å². The van der Waals surface area contributed by atoms with Crippen LogP contribution in [0, 0.1) is 5.92 Å². The monoisotopic (exact) mass is 283 g/mol. The molecule has 0 aromatic heterocycles. The molecule has 1 aromatic rings. The van der Waals surface area contributed by atoms with Crippen LogP contribution in [0.25, 0.3) is 6.08 Å². The summed E-state index contributed by atoms with van der Waals surface area (Å²) in [4.78, 5) is 11.3. The summed E-state index contributed by atoms with van der Waals surface area (Å²) >= 11 is 0. The number of rotatable bonds is 5. The van der Waals surface area contributed by atoms with Crippen molar-refractivity contribution in [3.63, 3.8) is 0 Å². The SMILES string of the molecule is CC/C(=C\c1ccccc1)[C@@H]1CC1NC1CCC(=O)CC1. The predicted molar refractivity (Wildman–Crippen MR) is 87.0 cm³/mol. The highest BCUT2D eigenvalue weighted by Crippen LogP contribution is 2.40. The minimum atomic E-state index is 0.443. The van der Waals surface area contributed by atoms with Crippen molar-refractivity contribution in [2.24, 2.45) is 5.92 Å². The molecule has 2 nitrogen and oxygen atoms in total. The lowest BCUT2D eigenvalue weighted by molar-refractivity contribution is -0.120. The van der Waals surface area contributed by atoms with E-state index in [2.05, 4.69) is 48.6 Å². The molecule has 2 heteroatoms. The molecule has 0 aliphatic heterocycles. The third kappa shape index (κ3) is 3.82. The zero-order valence-corrected chi connectivity index (χ0v) is 12.8. The molecule has 2 fully saturated rings. The fourth-order valence-corrected chi connectivity index (χ4v) is 3.43. The molecule has 1 aromatic carbocycles. The first-order valence-corrected chi connectivity index (χ1v) is 8.29. The Bertz CT molecular complexity index is 510. The van der Waals surface area contributed by atoms with E-state index in [0.29, 0.717) is 23.8 Å². The zero-order valence-electron chi connectivity index (χ0n) is 12.8. The van der Waals surface area contributed by atoms with Gasteiger partial charge in [-0.2, -0.15) is 0 Å². The van der Waals surface area contributed by atoms with Crippen molar-refractivity contribution in [3.8, 4) is 0 Å². The van der Waals surface area contributed by atoms with E-state index in [4.69, 9.17) is 0 Å². The molecule has 2 atom stereocenters. The molecule has 0 heterocycles. The first-order chi connectivity index (χ1) is 10.3. The molecule has 0 radical (unpaired) electrons. The first kappa shape index (κ1) is 14.5. The Hall–Kier alpha value is -1.41. The Labute approximate surface area is 127 Å². The highest BCUT2D eigenvalue weighted by molar-refractivity contribution is 5.79. The number of carbonyl (C=O) groups is 1. The van der Waals surface area contributed by atoms with E-state index in [0.717, 1.165) is 32.1 Å². The highest BCUT2D eigenvalue weighted by Gasteiger charge is 2.40. The number of benzene rings is 1. The van der Waals surface area contributed by atoms with Crippen molar-refractivity contribution >= 4 is 11.9 Å². The lowest BCUT2D eigenvalue weighted by Gasteiger charge is -2.22. The van der Waals surface area contributed by atoms with Crippen LogP contribution in [0.2, 0.25) is 0 Å². The number of carbonyl (C=O) groups excluding carboxylic acids is 1. The average molecular weight is 283 g/mol. The van der Waals surface area contributed by atoms with Crippen molar-refractivity contribution < 1.29 is 4.79 Å². The zero-order chi connectivity index (χ0) is 14.7. The van der Waals surface area contributed by atoms with Crippen LogP contribution in [0.4, 0.5) is 0 Å². The van der Waals surface area contributed by atoms with Crippen LogP contribution >= 0.6 is 0 Å². The van der Waals surface area contributed by atoms with Gasteiger partial charge >= 0.3 is 0 Å². The van der Waals surface area contributed by atoms with Gasteiger partial charge < -0.3 is 5.32 Å². The number of ketones is 1. The third-order valence-electron chi connectivity index (χ3n) is 4.82. The summed E-state index contributed by atoms with van der Waals surface area (Å²) in [5, 5.41) is 3.77. The van der Waals surface area contributed by atoms with Crippen LogP contribution in [0.5, 0.6) is 0 Å². The molecular formula is C19H25NO. The molecule has 0 amide bonds. The fourth-order valence-electron chi connectivity index (χ4n) is 3.43. The van der Waals surface area contributed by atoms with Gasteiger partial charge in [0.15, 0.2) is 0 Å². The van der Waals surface area contributed by atoms with Crippen LogP contribution in [0.1, 0.15) is 51.0 Å². The fraction of sp³-hybridized carbons (Fsp3) is 0.526. The van der Waals surface area contributed by atoms with E-state index >= 15 is 0 Å². The number of Topliss-reactive ketones (excluding diaryl/α,β-unsaturated/α-hetero) is 1. The first-order valence-electron chi connectivity index (χ1n) is 8.29. The molecule has 1 unspecified atom stereocenters. The van der Waals surface area contributed by atoms with Gasteiger partial charge in [-0.25, -0.2) is 0 Å². The van der Waals surface area contributed by atoms with Crippen molar-refractivity contribution in [1.29, 1.82) is 0 Å². The molecular weight excluding hydrogens is 258 g/mol. The normalized spacial score (nSPS) is 26.9. The lowest BCUT2D eigenvalue weighted by atomic mass is 9.94. The van der Waals surface area contributed by atoms with Gasteiger partial charge in [-0.3, -0.25) is 4.79 Å². The Morgan fingerprint density at radius 2 is 1.95 bits per heavy atom. The minimum absolute atomic E-state index is 0.443. The Kier molecular flexibility index (Phi) is 4.54. The number of hydrogen-bond donors (Lipinski definition) is 1. The molecule has 0 bridgehead atoms. The van der Waals surface area contributed by atoms with Gasteiger partial charge in [-0.05, 0) is 37.2 Å². The second kappa shape index (κ2) is 6.57. The molecule has 3 rings (SSSR count). The van der Waals surface area contributed by atoms with Crippen LogP contribution in [0.3, 0.4) is 0 Å². The maximum Gasteiger partial charge on any atom is 0.133 e. The van der Waals surface area contributed by atoms with Gasteiger partial charge in [0, 0.05) is 24.9 Å². The molecule has 0 spiro atoms. The third-order valence-corrected chi connectivity index (χ3v) is 4.82. The van der Waals surface area contributed by atoms with Crippen LogP contribution < -0.4 is 5.32 Å². The van der Waals surface area contributed by atoms with Crippen LogP contribution in [-0.2, 0) is 4.79 Å². The van der Waals surface area contributed by atoms with Crippen molar-refractivity contribution in [3.05, 3.63) is 41.5 Å². The molecule has 2 saturated carbocycles. The molecule has 2 aliphatic rings. The van der Waals surface area contributed by atoms with Gasteiger partial charge in [0.05, 0.1) is 0 Å². The maximum absolute atomic E-state index is 11.3. The summed E-state index contributed by atoms with van der Waals surface area (Å²) in [7, 11) is 0. The molecule has 2 aliphatic carbocycles. The van der Waals surface area contributed by atoms with Gasteiger partial charge in [0.2, 0.25) is 0 Å². The summed E-state index contributed by atoms with van der Waals surface area (Å²) in [5.41, 5.74) is 2.87. The van der Waals surface area contributed by atoms with E-state index < -0.39 is 0 Å². The number of nitrogens with one attached hydrogen (secondary N) is 1. The minimum Gasteiger partial charge on any atom is -0.311 e. The maximum atomic E-state index is 11.3. The lowest BCUT2D eigenvalue weighted by Crippen LogP contribution is -2.35. The largest absolute Gasteiger partial charge is 0.311 e. The van der Waals surface area contributed by atoms with Crippen LogP contribution in [0.15, 0.2) is 35.9 Å². The highest BCUT2D eigenvalue weighted by atomic mass is 16.1. The Morgan fingerprint density at radius 3 is 2.62 bits per heavy atom. The second-order valence-corrected chi connectivity index (χ2v) is 6.41. The van der Waals surface area contributed by atoms with Gasteiger partial charge in [-0.1, -0.05) is 48.9 Å². The van der Waals surface area contributed by atoms with E-state index in [1.54, 1.807) is 5.57 Å². The van der Waals surface area contributed by atoms with Gasteiger partial charge in [0.25, 0.3) is 0 Å². The summed E-state index contributed by atoms with van der Waals surface area (Å²) in [5.74, 6) is 1.14. The Morgan fingerprint density at radius 1 is 1.24 bits per heavy atom. The number of hydrogen-bond acceptors (Lipinski definition) is 2. The van der Waals surface area contributed by atoms with Crippen molar-refractivity contribution in [2.45, 2.75) is 57.5 Å². The molecule has 112 valence electrons. The smallest absolute Gasteiger partial charge is 0.133 e. The Balaban J connectivity index is 1.56. The van der Waals surface area contributed by atoms with Crippen molar-refractivity contribution in [1.82, 2.24) is 5.32 Å². The van der Waals surface area contributed by atoms with Gasteiger partial charge in [0.1, 0.15) is 5.78 Å². The summed E-state index contributed by atoms with van der Waals surface area (Å²) < 4.78 is 0. The molecule has 1 N–H and O–H groups in total. The van der Waals surface area contributed by atoms with E-state index in [1.165, 1.54) is 12.0 Å². The summed E-state index contributed by atoms with van der Waals surface area (Å²) in [6, 6.07) is 11.8. The second-order valence-electron chi connectivity index (χ2n) is 6.41. The van der Waals surface area contributed by atoms with Crippen molar-refractivity contribution in [2.75, 3.05) is 0 Å². The molecule has 21 heavy (non-hydrogen) atoms. The topological polar surface area (TPSA) is 29.1 Å². The van der Waals surface area contributed by atoms with Crippen LogP contribution in [-0.4, -0.2) is 17.9 Å². The summed E-state index contributed by atoms with van der Waals surface area (Å²) in [6.07, 6.45) is 8.36. The predicted octanol–water partition coefficient (Wildman–Crippen LogP) is 3.97. The molecule has 0 saturated heterocycles. The van der Waals surface area contributed by atoms with E-state index in [1.807, 2.05) is 0 Å².